The van der Waals surface area contributed by atoms with Gasteiger partial charge in [-0.2, -0.15) is 0 Å². The molecule has 0 aromatic heterocycles. The molecule has 25 heavy (non-hydrogen) atoms. The van der Waals surface area contributed by atoms with Crippen molar-refractivity contribution in [3.8, 4) is 22.3 Å². The van der Waals surface area contributed by atoms with Crippen LogP contribution in [0.2, 0.25) is 0 Å². The maximum atomic E-state index is 13.2. The second-order valence-corrected chi connectivity index (χ2v) is 6.58. The van der Waals surface area contributed by atoms with Crippen LogP contribution in [0.1, 0.15) is 21.5 Å². The average Bonchev–Trinajstić information content (AvgIpc) is 2.98. The molecule has 0 saturated carbocycles. The van der Waals surface area contributed by atoms with Crippen LogP contribution < -0.4 is 0 Å². The molecule has 4 aromatic rings. The Morgan fingerprint density at radius 1 is 0.600 bits per heavy atom. The molecule has 0 heterocycles. The van der Waals surface area contributed by atoms with Gasteiger partial charge >= 0.3 is 0 Å². The first-order valence-corrected chi connectivity index (χ1v) is 8.51. The van der Waals surface area contributed by atoms with Gasteiger partial charge in [-0.25, -0.2) is 0 Å². The van der Waals surface area contributed by atoms with Gasteiger partial charge in [-0.3, -0.25) is 4.79 Å². The lowest BCUT2D eigenvalue weighted by atomic mass is 9.92. The number of ketones is 1. The van der Waals surface area contributed by atoms with E-state index in [0.717, 1.165) is 22.1 Å². The SMILES string of the molecule is Cc1ccccc1C(=O)c1ccc2c3c(cccc13)-c1ccccc1-2. The number of hydrogen-bond acceptors (Lipinski definition) is 1. The Morgan fingerprint density at radius 3 is 2.00 bits per heavy atom. The Hall–Kier alpha value is -3.19. The van der Waals surface area contributed by atoms with Crippen molar-refractivity contribution < 1.29 is 4.79 Å². The van der Waals surface area contributed by atoms with Crippen LogP contribution in [0.15, 0.2) is 78.9 Å². The highest BCUT2D eigenvalue weighted by Gasteiger charge is 2.24. The monoisotopic (exact) mass is 320 g/mol. The summed E-state index contributed by atoms with van der Waals surface area (Å²) < 4.78 is 0. The molecular formula is C24H16O. The van der Waals surface area contributed by atoms with Crippen molar-refractivity contribution in [2.75, 3.05) is 0 Å². The molecule has 1 heteroatoms. The molecule has 0 saturated heterocycles. The normalized spacial score (nSPS) is 11.6. The molecule has 0 amide bonds. The van der Waals surface area contributed by atoms with Gasteiger partial charge in [-0.05, 0) is 51.6 Å². The zero-order chi connectivity index (χ0) is 17.0. The maximum absolute atomic E-state index is 13.2. The summed E-state index contributed by atoms with van der Waals surface area (Å²) in [4.78, 5) is 13.2. The first kappa shape index (κ1) is 14.2. The molecule has 5 rings (SSSR count). The van der Waals surface area contributed by atoms with E-state index in [1.54, 1.807) is 0 Å². The number of carbonyl (C=O) groups excluding carboxylic acids is 1. The highest BCUT2D eigenvalue weighted by atomic mass is 16.1. The first-order chi connectivity index (χ1) is 12.3. The van der Waals surface area contributed by atoms with Crippen molar-refractivity contribution in [1.29, 1.82) is 0 Å². The van der Waals surface area contributed by atoms with E-state index in [4.69, 9.17) is 0 Å². The summed E-state index contributed by atoms with van der Waals surface area (Å²) in [5.41, 5.74) is 7.53. The van der Waals surface area contributed by atoms with E-state index >= 15 is 0 Å². The predicted octanol–water partition coefficient (Wildman–Crippen LogP) is 6.03. The molecule has 0 bridgehead atoms. The van der Waals surface area contributed by atoms with Crippen LogP contribution in [0.5, 0.6) is 0 Å². The zero-order valence-electron chi connectivity index (χ0n) is 13.9. The molecule has 4 aromatic carbocycles. The Bertz CT molecular complexity index is 1140. The van der Waals surface area contributed by atoms with Gasteiger partial charge in [0.2, 0.25) is 0 Å². The molecule has 0 spiro atoms. The predicted molar refractivity (Wildman–Crippen MR) is 103 cm³/mol. The number of aryl methyl sites for hydroxylation is 1. The minimum absolute atomic E-state index is 0.0951. The average molecular weight is 320 g/mol. The summed E-state index contributed by atoms with van der Waals surface area (Å²) in [6.45, 7) is 1.99. The smallest absolute Gasteiger partial charge is 0.193 e. The second-order valence-electron chi connectivity index (χ2n) is 6.58. The van der Waals surface area contributed by atoms with Crippen molar-refractivity contribution in [2.45, 2.75) is 6.92 Å². The van der Waals surface area contributed by atoms with Gasteiger partial charge in [0, 0.05) is 11.1 Å². The molecule has 0 N–H and O–H groups in total. The molecule has 0 atom stereocenters. The van der Waals surface area contributed by atoms with E-state index in [9.17, 15) is 4.79 Å². The van der Waals surface area contributed by atoms with Crippen molar-refractivity contribution in [3.63, 3.8) is 0 Å². The van der Waals surface area contributed by atoms with Crippen molar-refractivity contribution in [2.24, 2.45) is 0 Å². The third kappa shape index (κ3) is 1.93. The highest BCUT2D eigenvalue weighted by Crippen LogP contribution is 2.47. The second kappa shape index (κ2) is 5.15. The zero-order valence-corrected chi connectivity index (χ0v) is 13.9. The van der Waals surface area contributed by atoms with Crippen molar-refractivity contribution in [3.05, 3.63) is 95.6 Å². The highest BCUT2D eigenvalue weighted by molar-refractivity contribution is 6.23. The van der Waals surface area contributed by atoms with Crippen LogP contribution in [0.3, 0.4) is 0 Å². The van der Waals surface area contributed by atoms with Crippen LogP contribution >= 0.6 is 0 Å². The van der Waals surface area contributed by atoms with Gasteiger partial charge in [0.05, 0.1) is 0 Å². The van der Waals surface area contributed by atoms with Gasteiger partial charge in [0.25, 0.3) is 0 Å². The Labute approximate surface area is 146 Å². The topological polar surface area (TPSA) is 17.1 Å². The lowest BCUT2D eigenvalue weighted by Crippen LogP contribution is -2.04. The summed E-state index contributed by atoms with van der Waals surface area (Å²) in [5, 5.41) is 2.24. The molecule has 0 fully saturated rings. The third-order valence-corrected chi connectivity index (χ3v) is 5.18. The van der Waals surface area contributed by atoms with Gasteiger partial charge in [-0.15, -0.1) is 0 Å². The lowest BCUT2D eigenvalue weighted by Gasteiger charge is -2.10. The van der Waals surface area contributed by atoms with Crippen LogP contribution in [0.4, 0.5) is 0 Å². The van der Waals surface area contributed by atoms with Crippen LogP contribution in [-0.2, 0) is 0 Å². The number of hydrogen-bond donors (Lipinski definition) is 0. The fourth-order valence-corrected chi connectivity index (χ4v) is 3.98. The number of benzene rings is 4. The molecule has 1 aliphatic rings. The summed E-state index contributed by atoms with van der Waals surface area (Å²) in [7, 11) is 0. The van der Waals surface area contributed by atoms with E-state index in [1.165, 1.54) is 27.6 Å². The molecule has 0 aliphatic heterocycles. The van der Waals surface area contributed by atoms with Crippen LogP contribution in [0.25, 0.3) is 33.0 Å². The minimum Gasteiger partial charge on any atom is -0.289 e. The third-order valence-electron chi connectivity index (χ3n) is 5.18. The van der Waals surface area contributed by atoms with E-state index < -0.39 is 0 Å². The van der Waals surface area contributed by atoms with E-state index in [0.29, 0.717) is 0 Å². The van der Waals surface area contributed by atoms with Gasteiger partial charge < -0.3 is 0 Å². The quantitative estimate of drug-likeness (QED) is 0.363. The van der Waals surface area contributed by atoms with E-state index in [2.05, 4.69) is 48.5 Å². The summed E-state index contributed by atoms with van der Waals surface area (Å²) in [6.07, 6.45) is 0. The van der Waals surface area contributed by atoms with Crippen molar-refractivity contribution >= 4 is 16.6 Å². The standard InChI is InChI=1S/C24H16O/c1-15-7-2-3-8-16(15)24(25)22-14-13-21-18-10-5-4-9-17(18)19-11-6-12-20(22)23(19)21/h2-14H,1H3. The van der Waals surface area contributed by atoms with Crippen LogP contribution in [0, 0.1) is 6.92 Å². The van der Waals surface area contributed by atoms with Gasteiger partial charge in [-0.1, -0.05) is 72.8 Å². The Morgan fingerprint density at radius 2 is 1.24 bits per heavy atom. The Kier molecular flexibility index (Phi) is 2.92. The fraction of sp³-hybridized carbons (Fsp3) is 0.0417. The van der Waals surface area contributed by atoms with Gasteiger partial charge in [0.15, 0.2) is 5.78 Å². The van der Waals surface area contributed by atoms with Crippen LogP contribution in [-0.4, -0.2) is 5.78 Å². The minimum atomic E-state index is 0.0951. The largest absolute Gasteiger partial charge is 0.289 e. The van der Waals surface area contributed by atoms with Gasteiger partial charge in [0.1, 0.15) is 0 Å². The number of rotatable bonds is 2. The van der Waals surface area contributed by atoms with E-state index in [-0.39, 0.29) is 5.78 Å². The lowest BCUT2D eigenvalue weighted by molar-refractivity contribution is 0.104. The van der Waals surface area contributed by atoms with E-state index in [1.807, 2.05) is 37.3 Å². The number of carbonyl (C=O) groups is 1. The molecule has 1 aliphatic carbocycles. The Balaban J connectivity index is 1.80. The molecule has 0 unspecified atom stereocenters. The molecule has 0 radical (unpaired) electrons. The summed E-state index contributed by atoms with van der Waals surface area (Å²) in [6, 6.07) is 26.6. The first-order valence-electron chi connectivity index (χ1n) is 8.51. The fourth-order valence-electron chi connectivity index (χ4n) is 3.98. The summed E-state index contributed by atoms with van der Waals surface area (Å²) in [5.74, 6) is 0.0951. The molecular weight excluding hydrogens is 304 g/mol. The maximum Gasteiger partial charge on any atom is 0.193 e. The summed E-state index contributed by atoms with van der Waals surface area (Å²) >= 11 is 0. The molecule has 118 valence electrons. The van der Waals surface area contributed by atoms with Crippen molar-refractivity contribution in [1.82, 2.24) is 0 Å². The molecule has 1 nitrogen and oxygen atoms in total. The number of fused-ring (bicyclic) bond motifs is 3.